The Balaban J connectivity index is 0.000000340. The number of hydrogen-bond donors (Lipinski definition) is 12. The van der Waals surface area contributed by atoms with Gasteiger partial charge in [-0.25, -0.2) is 0 Å². The minimum absolute atomic E-state index is 0.0431. The highest BCUT2D eigenvalue weighted by atomic mass is 16.3. The molecule has 0 saturated heterocycles. The van der Waals surface area contributed by atoms with Gasteiger partial charge in [0.15, 0.2) is 23.0 Å². The lowest BCUT2D eigenvalue weighted by atomic mass is 9.67. The predicted molar refractivity (Wildman–Crippen MR) is 583 cm³/mol. The summed E-state index contributed by atoms with van der Waals surface area (Å²) in [4.78, 5) is 0. The monoisotopic (exact) mass is 1860 g/mol. The zero-order chi connectivity index (χ0) is 103. The van der Waals surface area contributed by atoms with E-state index in [1.165, 1.54) is 101 Å². The fourth-order valence-electron chi connectivity index (χ4n) is 17.2. The predicted octanol–water partition coefficient (Wildman–Crippen LogP) is 34.6. The van der Waals surface area contributed by atoms with E-state index in [2.05, 4.69) is 151 Å². The van der Waals surface area contributed by atoms with E-state index >= 15 is 0 Å². The van der Waals surface area contributed by atoms with Crippen LogP contribution in [-0.2, 0) is 21.7 Å². The molecule has 0 atom stereocenters. The lowest BCUT2D eigenvalue weighted by Gasteiger charge is -2.34. The standard InChI is InChI=1S/C25H18O4.C25H18O2.C18H22O2.C17H18O2.C10H8O.C9H12O.4C3H8.5C2H6/c26-21-11-9-15(13-23(21)28)25(16-10-12-22(27)24(29)14-16)19-7-3-1-5-17(19)18-6-2-4-8-20(18)25;26-19-13-9-17(10-14-19)25(18-11-15-20(27)16-12-18)23-7-3-1-5-21(23)22-6-2-4-8-24(22)25;1-13(2)12-18(3,14-4-8-16(19)9-5-14)15-6-10-17(20)11-7-15;18-15-7-3-13(4-8-15)17(11-1-2-12-17)14-5-9-16(19)10-6-14;11-10-7-3-5-8-4-1-2-6-9(8)10;1-7(2)8-3-5-9(10)6-4-8;4*1-3-2;5*1-2/h1-14,26-29H;1-16,26-27H;4-11,13,19-20H,12H2,1-3H3;3-10,18-19H,1-2,11-12H2;1-7,11H;3-7,10H,1-2H3;4*3H2,1-2H3;5*1-2H3. The van der Waals surface area contributed by atoms with E-state index in [0.717, 1.165) is 74.5 Å². The van der Waals surface area contributed by atoms with Gasteiger partial charge in [-0.05, 0) is 246 Å². The smallest absolute Gasteiger partial charge is 0.157 e. The van der Waals surface area contributed by atoms with E-state index < -0.39 is 10.8 Å². The van der Waals surface area contributed by atoms with Gasteiger partial charge < -0.3 is 61.3 Å². The Morgan fingerprint density at radius 1 is 0.254 bits per heavy atom. The first-order chi connectivity index (χ1) is 66.6. The maximum Gasteiger partial charge on any atom is 0.157 e. The Morgan fingerprint density at radius 2 is 0.500 bits per heavy atom. The van der Waals surface area contributed by atoms with Crippen LogP contribution in [0.2, 0.25) is 0 Å². The third kappa shape index (κ3) is 29.8. The summed E-state index contributed by atoms with van der Waals surface area (Å²) in [6, 6.07) is 108. The summed E-state index contributed by atoms with van der Waals surface area (Å²) in [5, 5.41) is 118. The highest BCUT2D eigenvalue weighted by Gasteiger charge is 2.48. The molecule has 0 aromatic heterocycles. The number of benzene rings is 15. The van der Waals surface area contributed by atoms with Gasteiger partial charge in [-0.15, -0.1) is 0 Å². The molecule has 12 N–H and O–H groups in total. The Bertz CT molecular complexity index is 5620. The summed E-state index contributed by atoms with van der Waals surface area (Å²) in [6.45, 7) is 47.9. The van der Waals surface area contributed by atoms with Gasteiger partial charge in [-0.2, -0.15) is 0 Å². The van der Waals surface area contributed by atoms with Gasteiger partial charge in [0.1, 0.15) is 46.0 Å². The van der Waals surface area contributed by atoms with Crippen molar-refractivity contribution in [2.75, 3.05) is 0 Å². The summed E-state index contributed by atoms with van der Waals surface area (Å²) in [5.74, 6) is 2.63. The molecule has 734 valence electrons. The minimum atomic E-state index is -0.830. The summed E-state index contributed by atoms with van der Waals surface area (Å²) < 4.78 is 0. The molecule has 1 fully saturated rings. The molecule has 3 aliphatic carbocycles. The SMILES string of the molecule is CC.CC.CC.CC.CC.CC(C)CC(C)(c1ccc(O)cc1)c1ccc(O)cc1.CC(C)c1ccc(O)cc1.CCC.CCC.CCC.CCC.Oc1ccc(C2(c3ccc(O)c(O)c3)c3ccccc3-c3ccccc32)cc1O.Oc1ccc(C2(c3ccc(O)cc3)CCCC2)cc1.Oc1ccc(C2(c3ccc(O)cc3)c3ccccc3-c3ccccc32)cc1.Oc1cccc2ccccc12. The first-order valence-corrected chi connectivity index (χ1v) is 49.8. The number of hydrogen-bond acceptors (Lipinski definition) is 12. The second-order valence-corrected chi connectivity index (χ2v) is 33.7. The Morgan fingerprint density at radius 3 is 0.783 bits per heavy atom. The Hall–Kier alpha value is -13.8. The van der Waals surface area contributed by atoms with Crippen molar-refractivity contribution >= 4 is 10.8 Å². The average Bonchev–Trinajstić information content (AvgIpc) is 1.54. The van der Waals surface area contributed by atoms with Crippen LogP contribution >= 0.6 is 0 Å². The van der Waals surface area contributed by atoms with Gasteiger partial charge in [-0.3, -0.25) is 0 Å². The molecule has 3 aliphatic rings. The molecule has 138 heavy (non-hydrogen) atoms. The molecule has 15 aromatic carbocycles. The summed E-state index contributed by atoms with van der Waals surface area (Å²) in [5.41, 5.74) is 17.4. The van der Waals surface area contributed by atoms with Crippen LogP contribution in [0.15, 0.2) is 346 Å². The van der Waals surface area contributed by atoms with Crippen LogP contribution in [0.1, 0.15) is 295 Å². The maximum atomic E-state index is 10.3. The normalized spacial score (nSPS) is 12.0. The van der Waals surface area contributed by atoms with Crippen LogP contribution in [0.25, 0.3) is 33.0 Å². The second kappa shape index (κ2) is 59.9. The van der Waals surface area contributed by atoms with Gasteiger partial charge in [0.05, 0.1) is 10.8 Å². The van der Waals surface area contributed by atoms with Crippen LogP contribution in [0.5, 0.6) is 69.0 Å². The molecule has 0 unspecified atom stereocenters. The van der Waals surface area contributed by atoms with Crippen molar-refractivity contribution in [3.63, 3.8) is 0 Å². The molecule has 18 rings (SSSR count). The van der Waals surface area contributed by atoms with Crippen molar-refractivity contribution < 1.29 is 61.3 Å². The molecule has 0 bridgehead atoms. The van der Waals surface area contributed by atoms with Gasteiger partial charge in [-0.1, -0.05) is 428 Å². The van der Waals surface area contributed by atoms with E-state index in [0.29, 0.717) is 34.8 Å². The fraction of sp³-hybridized carbons (Fsp3) is 0.302. The molecular weight excluding hydrogens is 1710 g/mol. The van der Waals surface area contributed by atoms with Gasteiger partial charge in [0.25, 0.3) is 0 Å². The lowest BCUT2D eigenvalue weighted by molar-refractivity contribution is 0.401. The van der Waals surface area contributed by atoms with Crippen molar-refractivity contribution in [3.8, 4) is 91.2 Å². The molecular formula is C126H158O12. The van der Waals surface area contributed by atoms with Gasteiger partial charge >= 0.3 is 0 Å². The molecule has 0 heterocycles. The van der Waals surface area contributed by atoms with E-state index in [-0.39, 0.29) is 56.8 Å². The molecule has 1 saturated carbocycles. The van der Waals surface area contributed by atoms with Crippen molar-refractivity contribution in [2.45, 2.75) is 245 Å². The number of phenolic OH excluding ortho intramolecular Hbond substituents is 12. The highest BCUT2D eigenvalue weighted by molar-refractivity contribution is 5.89. The zero-order valence-electron chi connectivity index (χ0n) is 86.3. The quantitative estimate of drug-likeness (QED) is 0.0541. The third-order valence-corrected chi connectivity index (χ3v) is 22.8. The Labute approximate surface area is 826 Å². The average molecular weight is 1860 g/mol. The number of aromatic hydroxyl groups is 12. The maximum absolute atomic E-state index is 10.3. The van der Waals surface area contributed by atoms with Crippen LogP contribution in [0.4, 0.5) is 0 Å². The Kier molecular flexibility index (Phi) is 50.6. The molecule has 0 spiro atoms. The van der Waals surface area contributed by atoms with Crippen molar-refractivity contribution in [1.82, 2.24) is 0 Å². The summed E-state index contributed by atoms with van der Waals surface area (Å²) >= 11 is 0. The van der Waals surface area contributed by atoms with Crippen LogP contribution in [0, 0.1) is 5.92 Å². The largest absolute Gasteiger partial charge is 0.508 e. The summed E-state index contributed by atoms with van der Waals surface area (Å²) in [6.07, 6.45) is 10.7. The fourth-order valence-corrected chi connectivity index (χ4v) is 17.2. The van der Waals surface area contributed by atoms with Crippen molar-refractivity contribution in [2.24, 2.45) is 5.92 Å². The van der Waals surface area contributed by atoms with Crippen LogP contribution in [0.3, 0.4) is 0 Å². The molecule has 0 aliphatic heterocycles. The summed E-state index contributed by atoms with van der Waals surface area (Å²) in [7, 11) is 0. The van der Waals surface area contributed by atoms with E-state index in [4.69, 9.17) is 5.11 Å². The molecule has 0 radical (unpaired) electrons. The topological polar surface area (TPSA) is 243 Å². The van der Waals surface area contributed by atoms with E-state index in [1.54, 1.807) is 115 Å². The first-order valence-electron chi connectivity index (χ1n) is 49.8. The van der Waals surface area contributed by atoms with Gasteiger partial charge in [0, 0.05) is 16.2 Å². The highest BCUT2D eigenvalue weighted by Crippen LogP contribution is 2.59. The van der Waals surface area contributed by atoms with Gasteiger partial charge in [0.2, 0.25) is 0 Å². The molecule has 12 nitrogen and oxygen atoms in total. The molecule has 12 heteroatoms. The van der Waals surface area contributed by atoms with E-state index in [9.17, 15) is 56.2 Å². The number of phenols is 12. The second-order valence-electron chi connectivity index (χ2n) is 33.7. The van der Waals surface area contributed by atoms with Crippen molar-refractivity contribution in [3.05, 3.63) is 418 Å². The third-order valence-electron chi connectivity index (χ3n) is 22.8. The number of fused-ring (bicyclic) bond motifs is 7. The zero-order valence-corrected chi connectivity index (χ0v) is 86.3. The van der Waals surface area contributed by atoms with Crippen molar-refractivity contribution in [1.29, 1.82) is 0 Å². The van der Waals surface area contributed by atoms with Crippen LogP contribution in [-0.4, -0.2) is 61.3 Å². The van der Waals surface area contributed by atoms with Crippen LogP contribution < -0.4 is 0 Å². The molecule has 0 amide bonds. The molecule has 15 aromatic rings. The minimum Gasteiger partial charge on any atom is -0.508 e. The van der Waals surface area contributed by atoms with E-state index in [1.807, 2.05) is 227 Å². The first kappa shape index (κ1) is 116. The number of rotatable bonds is 11. The lowest BCUT2D eigenvalue weighted by Crippen LogP contribution is -2.28.